The maximum absolute atomic E-state index is 14.7. The standard InChI is InChI=1S/C44H66FNO5/c1-27(2)25-33(38(48)49)46-39(50)44-21-15-31(28(3)26-51-24-18-29-9-11-30(45)12-10-29)37(44)32-13-14-35-41(6)19-17-36(47)40(4,5)34(41)16-20-43(35,8)42(32,7)22-23-44/h9-12,27,31-37,47H,3,13-26H2,1-2,4-8H3,(H,46,50)(H,48,49)/t31-,32+,33-,34-,35+,36-,37+,41-,42+,43+,44-/m0/s1. The predicted molar refractivity (Wildman–Crippen MR) is 199 cm³/mol. The number of fused-ring (bicyclic) bond motifs is 7. The normalized spacial score (nSPS) is 40.4. The second-order valence-corrected chi connectivity index (χ2v) is 19.5. The molecule has 5 aliphatic carbocycles. The lowest BCUT2D eigenvalue weighted by atomic mass is 9.32. The van der Waals surface area contributed by atoms with Crippen molar-refractivity contribution in [1.29, 1.82) is 0 Å². The fraction of sp³-hybridized carbons (Fsp3) is 0.773. The molecule has 0 aliphatic heterocycles. The van der Waals surface area contributed by atoms with Crippen LogP contribution in [0.3, 0.4) is 0 Å². The van der Waals surface area contributed by atoms with Crippen molar-refractivity contribution in [3.63, 3.8) is 0 Å². The Labute approximate surface area is 306 Å². The van der Waals surface area contributed by atoms with Crippen molar-refractivity contribution in [3.8, 4) is 0 Å². The van der Waals surface area contributed by atoms with Gasteiger partial charge in [-0.3, -0.25) is 4.79 Å². The van der Waals surface area contributed by atoms with Gasteiger partial charge < -0.3 is 20.3 Å². The van der Waals surface area contributed by atoms with Gasteiger partial charge in [0, 0.05) is 0 Å². The largest absolute Gasteiger partial charge is 0.480 e. The summed E-state index contributed by atoms with van der Waals surface area (Å²) in [5.41, 5.74) is 1.63. The van der Waals surface area contributed by atoms with E-state index < -0.39 is 17.4 Å². The van der Waals surface area contributed by atoms with E-state index in [4.69, 9.17) is 4.74 Å². The Bertz CT molecular complexity index is 1470. The van der Waals surface area contributed by atoms with Crippen molar-refractivity contribution in [2.45, 2.75) is 138 Å². The molecular weight excluding hydrogens is 641 g/mol. The van der Waals surface area contributed by atoms with Gasteiger partial charge in [0.25, 0.3) is 0 Å². The average molecular weight is 708 g/mol. The van der Waals surface area contributed by atoms with Gasteiger partial charge in [0.1, 0.15) is 11.9 Å². The Morgan fingerprint density at radius 2 is 1.63 bits per heavy atom. The van der Waals surface area contributed by atoms with Crippen LogP contribution in [-0.2, 0) is 20.7 Å². The maximum Gasteiger partial charge on any atom is 0.326 e. The van der Waals surface area contributed by atoms with E-state index in [9.17, 15) is 24.2 Å². The first kappa shape index (κ1) is 38.5. The number of rotatable bonds is 11. The Kier molecular flexibility index (Phi) is 10.5. The molecule has 5 fully saturated rings. The van der Waals surface area contributed by atoms with Gasteiger partial charge in [0.15, 0.2) is 0 Å². The van der Waals surface area contributed by atoms with E-state index in [2.05, 4.69) is 46.5 Å². The van der Waals surface area contributed by atoms with Crippen LogP contribution < -0.4 is 5.32 Å². The third kappa shape index (κ3) is 6.32. The number of carboxylic acid groups (broad SMARTS) is 1. The molecule has 3 N–H and O–H groups in total. The van der Waals surface area contributed by atoms with Crippen LogP contribution in [0.2, 0.25) is 0 Å². The summed E-state index contributed by atoms with van der Waals surface area (Å²) in [6.45, 7) is 21.8. The van der Waals surface area contributed by atoms with Gasteiger partial charge in [-0.05, 0) is 157 Å². The molecule has 0 radical (unpaired) electrons. The van der Waals surface area contributed by atoms with E-state index >= 15 is 0 Å². The molecule has 1 amide bonds. The topological polar surface area (TPSA) is 95.9 Å². The monoisotopic (exact) mass is 707 g/mol. The van der Waals surface area contributed by atoms with Gasteiger partial charge in [-0.25, -0.2) is 9.18 Å². The van der Waals surface area contributed by atoms with Crippen molar-refractivity contribution < 1.29 is 28.9 Å². The fourth-order valence-corrected chi connectivity index (χ4v) is 13.6. The van der Waals surface area contributed by atoms with Crippen LogP contribution in [0, 0.1) is 68.4 Å². The second-order valence-electron chi connectivity index (χ2n) is 19.5. The Morgan fingerprint density at radius 3 is 2.29 bits per heavy atom. The van der Waals surface area contributed by atoms with Gasteiger partial charge in [-0.15, -0.1) is 0 Å². The van der Waals surface area contributed by atoms with Crippen molar-refractivity contribution in [2.75, 3.05) is 13.2 Å². The zero-order valence-corrected chi connectivity index (χ0v) is 32.5. The average Bonchev–Trinajstić information content (AvgIpc) is 3.47. The maximum atomic E-state index is 14.7. The minimum Gasteiger partial charge on any atom is -0.480 e. The van der Waals surface area contributed by atoms with Crippen LogP contribution in [0.1, 0.15) is 125 Å². The number of benzene rings is 1. The number of amides is 1. The van der Waals surface area contributed by atoms with Crippen LogP contribution >= 0.6 is 0 Å². The lowest BCUT2D eigenvalue weighted by Crippen LogP contribution is -2.67. The SMILES string of the molecule is C=C(COCCc1ccc(F)cc1)[C@@H]1CC[C@]2(C(=O)N[C@@H](CC(C)C)C(=O)O)CC[C@]3(C)[C@H](CC[C@@H]4[C@@]5(C)CC[C@H](O)C(C)(C)[C@@H]5CC[C@]43C)[C@@H]12. The number of nitrogens with one attached hydrogen (secondary N) is 1. The molecule has 7 heteroatoms. The number of aliphatic hydroxyl groups is 1. The Balaban J connectivity index is 1.29. The van der Waals surface area contributed by atoms with Gasteiger partial charge in [-0.2, -0.15) is 0 Å². The second kappa shape index (κ2) is 13.9. The summed E-state index contributed by atoms with van der Waals surface area (Å²) in [6, 6.07) is 5.66. The van der Waals surface area contributed by atoms with Crippen LogP contribution in [-0.4, -0.2) is 47.4 Å². The molecule has 0 unspecified atom stereocenters. The van der Waals surface area contributed by atoms with Crippen molar-refractivity contribution >= 4 is 11.9 Å². The van der Waals surface area contributed by atoms with Crippen LogP contribution in [0.25, 0.3) is 0 Å². The summed E-state index contributed by atoms with van der Waals surface area (Å²) in [6.07, 6.45) is 10.6. The number of aliphatic hydroxyl groups excluding tert-OH is 1. The Hall–Kier alpha value is -2.25. The number of hydrogen-bond acceptors (Lipinski definition) is 4. The number of aliphatic carboxylic acids is 1. The summed E-state index contributed by atoms with van der Waals surface area (Å²) >= 11 is 0. The lowest BCUT2D eigenvalue weighted by Gasteiger charge is -2.72. The number of carbonyl (C=O) groups is 2. The number of halogens is 1. The van der Waals surface area contributed by atoms with Gasteiger partial charge in [-0.1, -0.05) is 67.2 Å². The first-order valence-electron chi connectivity index (χ1n) is 20.1. The van der Waals surface area contributed by atoms with E-state index in [0.29, 0.717) is 43.8 Å². The van der Waals surface area contributed by atoms with Gasteiger partial charge in [0.2, 0.25) is 5.91 Å². The molecule has 0 aromatic heterocycles. The summed E-state index contributed by atoms with van der Waals surface area (Å²) in [7, 11) is 0. The molecule has 0 spiro atoms. The third-order valence-corrected chi connectivity index (χ3v) is 16.4. The fourth-order valence-electron chi connectivity index (χ4n) is 13.6. The van der Waals surface area contributed by atoms with Crippen LogP contribution in [0.5, 0.6) is 0 Å². The molecule has 0 heterocycles. The molecule has 6 nitrogen and oxygen atoms in total. The predicted octanol–water partition coefficient (Wildman–Crippen LogP) is 9.00. The minimum absolute atomic E-state index is 0.0228. The van der Waals surface area contributed by atoms with Crippen molar-refractivity contribution in [1.82, 2.24) is 5.32 Å². The molecule has 284 valence electrons. The summed E-state index contributed by atoms with van der Waals surface area (Å²) < 4.78 is 19.7. The molecule has 51 heavy (non-hydrogen) atoms. The number of carboxylic acids is 1. The molecule has 5 saturated carbocycles. The van der Waals surface area contributed by atoms with Crippen LogP contribution in [0.4, 0.5) is 4.39 Å². The summed E-state index contributed by atoms with van der Waals surface area (Å²) in [4.78, 5) is 27.1. The van der Waals surface area contributed by atoms with E-state index in [1.807, 2.05) is 13.8 Å². The van der Waals surface area contributed by atoms with Gasteiger partial charge >= 0.3 is 5.97 Å². The van der Waals surface area contributed by atoms with E-state index in [1.165, 1.54) is 12.1 Å². The van der Waals surface area contributed by atoms with E-state index in [-0.39, 0.29) is 57.2 Å². The highest BCUT2D eigenvalue weighted by atomic mass is 19.1. The van der Waals surface area contributed by atoms with E-state index in [1.54, 1.807) is 12.1 Å². The quantitative estimate of drug-likeness (QED) is 0.158. The lowest BCUT2D eigenvalue weighted by molar-refractivity contribution is -0.246. The number of hydrogen-bond donors (Lipinski definition) is 3. The highest BCUT2D eigenvalue weighted by Gasteiger charge is 2.72. The highest BCUT2D eigenvalue weighted by Crippen LogP contribution is 2.77. The molecule has 1 aromatic rings. The Morgan fingerprint density at radius 1 is 0.922 bits per heavy atom. The molecule has 1 aromatic carbocycles. The molecule has 11 atom stereocenters. The first-order chi connectivity index (χ1) is 23.9. The van der Waals surface area contributed by atoms with Crippen molar-refractivity contribution in [2.24, 2.45) is 62.6 Å². The molecule has 0 bridgehead atoms. The zero-order valence-electron chi connectivity index (χ0n) is 32.5. The van der Waals surface area contributed by atoms with E-state index in [0.717, 1.165) is 75.3 Å². The molecule has 0 saturated heterocycles. The summed E-state index contributed by atoms with van der Waals surface area (Å²) in [5.74, 6) is 0.429. The number of ether oxygens (including phenoxy) is 1. The van der Waals surface area contributed by atoms with Crippen molar-refractivity contribution in [3.05, 3.63) is 47.8 Å². The number of carbonyl (C=O) groups excluding carboxylic acids is 1. The summed E-state index contributed by atoms with van der Waals surface area (Å²) in [5, 5.41) is 24.4. The highest BCUT2D eigenvalue weighted by molar-refractivity contribution is 5.88. The molecule has 5 aliphatic rings. The first-order valence-corrected chi connectivity index (χ1v) is 20.1. The smallest absolute Gasteiger partial charge is 0.326 e. The zero-order chi connectivity index (χ0) is 37.1. The van der Waals surface area contributed by atoms with Gasteiger partial charge in [0.05, 0.1) is 24.7 Å². The van der Waals surface area contributed by atoms with Crippen LogP contribution in [0.15, 0.2) is 36.4 Å². The molecular formula is C44H66FNO5. The minimum atomic E-state index is -0.960. The molecule has 6 rings (SSSR count). The third-order valence-electron chi connectivity index (χ3n) is 16.4.